The van der Waals surface area contributed by atoms with E-state index in [-0.39, 0.29) is 0 Å². The molecule has 5 heterocycles. The third-order valence-corrected chi connectivity index (χ3v) is 7.77. The average Bonchev–Trinajstić information content (AvgIpc) is 3.63. The summed E-state index contributed by atoms with van der Waals surface area (Å²) in [6, 6.07) is 29.3. The number of aryl methyl sites for hydroxylation is 2. The Kier molecular flexibility index (Phi) is 9.69. The number of aromatic nitrogens is 6. The first-order valence-corrected chi connectivity index (χ1v) is 15.6. The van der Waals surface area contributed by atoms with Gasteiger partial charge in [-0.2, -0.15) is 5.10 Å². The van der Waals surface area contributed by atoms with Gasteiger partial charge < -0.3 is 9.47 Å². The zero-order chi connectivity index (χ0) is 31.7. The Morgan fingerprint density at radius 3 is 1.54 bits per heavy atom. The van der Waals surface area contributed by atoms with Crippen molar-refractivity contribution in [1.82, 2.24) is 29.7 Å². The third kappa shape index (κ3) is 7.44. The van der Waals surface area contributed by atoms with Crippen LogP contribution in [-0.4, -0.2) is 29.7 Å². The fourth-order valence-electron chi connectivity index (χ4n) is 4.66. The highest BCUT2D eigenvalue weighted by Crippen LogP contribution is 2.34. The van der Waals surface area contributed by atoms with Gasteiger partial charge in [0.25, 0.3) is 0 Å². The van der Waals surface area contributed by atoms with Crippen molar-refractivity contribution in [2.24, 2.45) is 0 Å². The molecule has 0 aliphatic heterocycles. The van der Waals surface area contributed by atoms with Crippen molar-refractivity contribution in [2.75, 3.05) is 0 Å². The van der Waals surface area contributed by atoms with Crippen LogP contribution in [0.15, 0.2) is 141 Å². The lowest BCUT2D eigenvalue weighted by atomic mass is 10.0. The Balaban J connectivity index is 0.000000164. The summed E-state index contributed by atoms with van der Waals surface area (Å²) in [4.78, 5) is 17.2. The second kappa shape index (κ2) is 14.6. The Hall–Kier alpha value is -5.42. The van der Waals surface area contributed by atoms with Crippen molar-refractivity contribution in [2.45, 2.75) is 13.8 Å². The first kappa shape index (κ1) is 30.6. The van der Waals surface area contributed by atoms with Gasteiger partial charge in [0, 0.05) is 75.4 Å². The second-order valence-electron chi connectivity index (χ2n) is 10.2. The molecule has 8 nitrogen and oxygen atoms in total. The number of pyridine rings is 4. The van der Waals surface area contributed by atoms with Gasteiger partial charge in [0.05, 0.1) is 5.69 Å². The number of nitrogens with zero attached hydrogens (tertiary/aromatic N) is 6. The van der Waals surface area contributed by atoms with Gasteiger partial charge in [0.1, 0.15) is 11.5 Å². The highest BCUT2D eigenvalue weighted by molar-refractivity contribution is 14.1. The molecule has 46 heavy (non-hydrogen) atoms. The van der Waals surface area contributed by atoms with Crippen molar-refractivity contribution in [3.05, 3.63) is 155 Å². The van der Waals surface area contributed by atoms with Crippen molar-refractivity contribution in [1.29, 1.82) is 0 Å². The van der Waals surface area contributed by atoms with E-state index in [1.54, 1.807) is 35.7 Å². The molecule has 9 heteroatoms. The van der Waals surface area contributed by atoms with Crippen molar-refractivity contribution in [3.63, 3.8) is 0 Å². The molecule has 0 aliphatic rings. The van der Waals surface area contributed by atoms with Gasteiger partial charge in [0.2, 0.25) is 11.8 Å². The van der Waals surface area contributed by atoms with Gasteiger partial charge in [-0.05, 0) is 139 Å². The van der Waals surface area contributed by atoms with Crippen LogP contribution in [0.2, 0.25) is 0 Å². The van der Waals surface area contributed by atoms with E-state index in [1.165, 1.54) is 3.57 Å². The summed E-state index contributed by atoms with van der Waals surface area (Å²) in [5.41, 5.74) is 7.16. The molecule has 0 spiro atoms. The van der Waals surface area contributed by atoms with Crippen molar-refractivity contribution in [3.8, 4) is 51.2 Å². The summed E-state index contributed by atoms with van der Waals surface area (Å²) in [6.07, 6.45) is 14.4. The summed E-state index contributed by atoms with van der Waals surface area (Å²) in [5.74, 6) is 2.65. The first-order chi connectivity index (χ1) is 22.5. The Morgan fingerprint density at radius 1 is 0.543 bits per heavy atom. The molecule has 0 radical (unpaired) electrons. The number of benzene rings is 2. The summed E-state index contributed by atoms with van der Waals surface area (Å²) >= 11 is 2.27. The quantitative estimate of drug-likeness (QED) is 0.152. The first-order valence-electron chi connectivity index (χ1n) is 14.5. The molecular formula is C37H29IN6O2. The Bertz CT molecular complexity index is 2030. The van der Waals surface area contributed by atoms with Gasteiger partial charge >= 0.3 is 0 Å². The standard InChI is InChI=1S/C20H16N4O.C17H13IN2O/c1-15-9-12-21-14-19(15)18-4-2-10-22-20(18)25-17-7-5-16(6-8-17)24-13-3-11-23-24;1-12-8-10-19-11-16(12)15-3-2-9-20-17(15)21-14-6-4-13(18)5-7-14/h2-14H,1H3;2-11H,1H3. The highest BCUT2D eigenvalue weighted by Gasteiger charge is 2.12. The van der Waals surface area contributed by atoms with Gasteiger partial charge in [-0.25, -0.2) is 14.6 Å². The van der Waals surface area contributed by atoms with E-state index in [1.807, 2.05) is 117 Å². The molecule has 7 rings (SSSR count). The summed E-state index contributed by atoms with van der Waals surface area (Å²) in [6.45, 7) is 4.10. The number of halogens is 1. The Morgan fingerprint density at radius 2 is 1.07 bits per heavy atom. The maximum Gasteiger partial charge on any atom is 0.227 e. The van der Waals surface area contributed by atoms with Crippen LogP contribution in [0.3, 0.4) is 0 Å². The van der Waals surface area contributed by atoms with E-state index < -0.39 is 0 Å². The molecule has 0 N–H and O–H groups in total. The van der Waals surface area contributed by atoms with E-state index in [0.717, 1.165) is 50.6 Å². The molecule has 0 fully saturated rings. The van der Waals surface area contributed by atoms with Crippen LogP contribution in [0, 0.1) is 17.4 Å². The minimum Gasteiger partial charge on any atom is -0.438 e. The van der Waals surface area contributed by atoms with E-state index in [2.05, 4.69) is 54.5 Å². The highest BCUT2D eigenvalue weighted by atomic mass is 127. The van der Waals surface area contributed by atoms with Crippen LogP contribution in [-0.2, 0) is 0 Å². The van der Waals surface area contributed by atoms with Crippen LogP contribution in [0.5, 0.6) is 23.3 Å². The number of rotatable bonds is 7. The SMILES string of the molecule is Cc1ccncc1-c1cccnc1Oc1ccc(-n2cccn2)cc1.Cc1ccncc1-c1cccnc1Oc1ccc(I)cc1. The molecule has 0 saturated carbocycles. The van der Waals surface area contributed by atoms with Crippen LogP contribution >= 0.6 is 22.6 Å². The topological polar surface area (TPSA) is 87.8 Å². The summed E-state index contributed by atoms with van der Waals surface area (Å²) in [5, 5.41) is 4.22. The monoisotopic (exact) mass is 716 g/mol. The van der Waals surface area contributed by atoms with Crippen LogP contribution in [0.4, 0.5) is 0 Å². The lowest BCUT2D eigenvalue weighted by Gasteiger charge is -2.12. The molecular weight excluding hydrogens is 687 g/mol. The van der Waals surface area contributed by atoms with E-state index >= 15 is 0 Å². The molecule has 0 amide bonds. The number of ether oxygens (including phenoxy) is 2. The number of hydrogen-bond acceptors (Lipinski definition) is 7. The fourth-order valence-corrected chi connectivity index (χ4v) is 5.02. The van der Waals surface area contributed by atoms with Gasteiger partial charge in [-0.1, -0.05) is 0 Å². The predicted octanol–water partition coefficient (Wildman–Crippen LogP) is 9.28. The summed E-state index contributed by atoms with van der Waals surface area (Å²) in [7, 11) is 0. The Labute approximate surface area is 280 Å². The van der Waals surface area contributed by atoms with E-state index in [4.69, 9.17) is 9.47 Å². The zero-order valence-corrected chi connectivity index (χ0v) is 27.3. The van der Waals surface area contributed by atoms with Crippen LogP contribution in [0.1, 0.15) is 11.1 Å². The average molecular weight is 717 g/mol. The maximum absolute atomic E-state index is 6.02. The third-order valence-electron chi connectivity index (χ3n) is 7.05. The van der Waals surface area contributed by atoms with Gasteiger partial charge in [-0.3, -0.25) is 9.97 Å². The summed E-state index contributed by atoms with van der Waals surface area (Å²) < 4.78 is 14.9. The number of hydrogen-bond donors (Lipinski definition) is 0. The van der Waals surface area contributed by atoms with E-state index in [9.17, 15) is 0 Å². The lowest BCUT2D eigenvalue weighted by Crippen LogP contribution is -1.95. The van der Waals surface area contributed by atoms with E-state index in [0.29, 0.717) is 11.8 Å². The minimum absolute atomic E-state index is 0.561. The van der Waals surface area contributed by atoms with Crippen LogP contribution < -0.4 is 9.47 Å². The van der Waals surface area contributed by atoms with Gasteiger partial charge in [0.15, 0.2) is 0 Å². The molecule has 0 atom stereocenters. The fraction of sp³-hybridized carbons (Fsp3) is 0.0541. The molecule has 226 valence electrons. The molecule has 0 bridgehead atoms. The van der Waals surface area contributed by atoms with Gasteiger partial charge in [-0.15, -0.1) is 0 Å². The zero-order valence-electron chi connectivity index (χ0n) is 25.2. The molecule has 0 aliphatic carbocycles. The smallest absolute Gasteiger partial charge is 0.227 e. The molecule has 0 unspecified atom stereocenters. The maximum atomic E-state index is 6.02. The van der Waals surface area contributed by atoms with Crippen molar-refractivity contribution < 1.29 is 9.47 Å². The molecule has 0 saturated heterocycles. The predicted molar refractivity (Wildman–Crippen MR) is 187 cm³/mol. The molecule has 5 aromatic heterocycles. The lowest BCUT2D eigenvalue weighted by molar-refractivity contribution is 0.464. The minimum atomic E-state index is 0.561. The van der Waals surface area contributed by atoms with Crippen LogP contribution in [0.25, 0.3) is 27.9 Å². The second-order valence-corrected chi connectivity index (χ2v) is 11.4. The largest absolute Gasteiger partial charge is 0.438 e. The molecule has 2 aromatic carbocycles. The normalized spacial score (nSPS) is 10.5. The van der Waals surface area contributed by atoms with Crippen molar-refractivity contribution >= 4 is 22.6 Å². The molecule has 7 aromatic rings.